The van der Waals surface area contributed by atoms with Crippen molar-refractivity contribution >= 4 is 11.9 Å². The second-order valence-corrected chi connectivity index (χ2v) is 6.40. The van der Waals surface area contributed by atoms with E-state index in [1.165, 1.54) is 7.11 Å². The molecule has 0 bridgehead atoms. The number of carbonyl (C=O) groups excluding carboxylic acids is 2. The van der Waals surface area contributed by atoms with Gasteiger partial charge in [-0.2, -0.15) is 0 Å². The quantitative estimate of drug-likeness (QED) is 0.651. The lowest BCUT2D eigenvalue weighted by Crippen LogP contribution is -2.38. The van der Waals surface area contributed by atoms with Gasteiger partial charge in [0.25, 0.3) is 5.91 Å². The second-order valence-electron chi connectivity index (χ2n) is 6.40. The van der Waals surface area contributed by atoms with Crippen molar-refractivity contribution in [3.63, 3.8) is 0 Å². The van der Waals surface area contributed by atoms with Crippen LogP contribution in [0.3, 0.4) is 0 Å². The highest BCUT2D eigenvalue weighted by Gasteiger charge is 2.17. The lowest BCUT2D eigenvalue weighted by atomic mass is 10.1. The molecule has 1 rings (SSSR count). The monoisotopic (exact) mass is 335 g/mol. The molecule has 0 saturated carbocycles. The van der Waals surface area contributed by atoms with Crippen LogP contribution in [0.1, 0.15) is 37.8 Å². The molecule has 134 valence electrons. The van der Waals surface area contributed by atoms with Gasteiger partial charge >= 0.3 is 5.97 Å². The van der Waals surface area contributed by atoms with E-state index in [0.717, 1.165) is 23.3 Å². The highest BCUT2D eigenvalue weighted by atomic mass is 16.5. The largest absolute Gasteiger partial charge is 0.483 e. The summed E-state index contributed by atoms with van der Waals surface area (Å²) in [7, 11) is 1.35. The van der Waals surface area contributed by atoms with Crippen LogP contribution in [0.25, 0.3) is 0 Å². The number of ether oxygens (including phenoxy) is 2. The Morgan fingerprint density at radius 2 is 1.75 bits per heavy atom. The van der Waals surface area contributed by atoms with Gasteiger partial charge in [-0.05, 0) is 37.3 Å². The number of aryl methyl sites for hydroxylation is 2. The Kier molecular flexibility index (Phi) is 8.30. The van der Waals surface area contributed by atoms with Crippen LogP contribution in [0.4, 0.5) is 0 Å². The smallest absolute Gasteiger partial charge is 0.307 e. The van der Waals surface area contributed by atoms with Crippen molar-refractivity contribution in [2.45, 2.75) is 40.5 Å². The van der Waals surface area contributed by atoms with Crippen LogP contribution < -0.4 is 4.74 Å². The molecule has 0 N–H and O–H groups in total. The van der Waals surface area contributed by atoms with E-state index in [9.17, 15) is 9.59 Å². The van der Waals surface area contributed by atoms with E-state index in [4.69, 9.17) is 4.74 Å². The molecule has 5 nitrogen and oxygen atoms in total. The SMILES string of the molecule is COC(=O)CCN(CCC(C)C)C(=O)COc1c(C)cccc1C. The predicted octanol–water partition coefficient (Wildman–Crippen LogP) is 3.12. The number of amides is 1. The van der Waals surface area contributed by atoms with E-state index in [-0.39, 0.29) is 24.9 Å². The summed E-state index contributed by atoms with van der Waals surface area (Å²) < 4.78 is 10.4. The highest BCUT2D eigenvalue weighted by molar-refractivity contribution is 5.78. The molecular weight excluding hydrogens is 306 g/mol. The minimum Gasteiger partial charge on any atom is -0.483 e. The molecule has 0 saturated heterocycles. The molecule has 0 unspecified atom stereocenters. The van der Waals surface area contributed by atoms with Crippen LogP contribution in [0.15, 0.2) is 18.2 Å². The summed E-state index contributed by atoms with van der Waals surface area (Å²) in [4.78, 5) is 25.5. The second kappa shape index (κ2) is 9.96. The molecule has 0 radical (unpaired) electrons. The van der Waals surface area contributed by atoms with Crippen molar-refractivity contribution < 1.29 is 19.1 Å². The Hall–Kier alpha value is -2.04. The van der Waals surface area contributed by atoms with Crippen LogP contribution in [-0.4, -0.2) is 43.6 Å². The molecule has 1 aromatic rings. The number of hydrogen-bond acceptors (Lipinski definition) is 4. The van der Waals surface area contributed by atoms with Crippen LogP contribution in [0.2, 0.25) is 0 Å². The molecule has 0 atom stereocenters. The number of rotatable bonds is 9. The van der Waals surface area contributed by atoms with Crippen molar-refractivity contribution in [1.82, 2.24) is 4.90 Å². The maximum Gasteiger partial charge on any atom is 0.307 e. The molecule has 0 heterocycles. The van der Waals surface area contributed by atoms with Gasteiger partial charge in [0.1, 0.15) is 5.75 Å². The van der Waals surface area contributed by atoms with E-state index in [1.54, 1.807) is 4.90 Å². The molecule has 1 amide bonds. The predicted molar refractivity (Wildman–Crippen MR) is 94.1 cm³/mol. The Labute approximate surface area is 144 Å². The van der Waals surface area contributed by atoms with Crippen LogP contribution in [-0.2, 0) is 14.3 Å². The van der Waals surface area contributed by atoms with Crippen molar-refractivity contribution in [3.05, 3.63) is 29.3 Å². The van der Waals surface area contributed by atoms with E-state index in [1.807, 2.05) is 32.0 Å². The number of esters is 1. The van der Waals surface area contributed by atoms with E-state index < -0.39 is 0 Å². The van der Waals surface area contributed by atoms with Gasteiger partial charge in [0, 0.05) is 13.1 Å². The van der Waals surface area contributed by atoms with Crippen molar-refractivity contribution in [2.75, 3.05) is 26.8 Å². The summed E-state index contributed by atoms with van der Waals surface area (Å²) in [5, 5.41) is 0. The standard InChI is InChI=1S/C19H29NO4/c1-14(2)9-11-20(12-10-18(22)23-5)17(21)13-24-19-15(3)7-6-8-16(19)4/h6-8,14H,9-13H2,1-5H3. The normalized spacial score (nSPS) is 10.6. The minimum absolute atomic E-state index is 0.0229. The number of methoxy groups -OCH3 is 1. The fourth-order valence-corrected chi connectivity index (χ4v) is 2.36. The number of benzene rings is 1. The molecule has 0 spiro atoms. The molecule has 0 aromatic heterocycles. The van der Waals surface area contributed by atoms with Crippen molar-refractivity contribution in [2.24, 2.45) is 5.92 Å². The first-order valence-corrected chi connectivity index (χ1v) is 8.38. The number of para-hydroxylation sites is 1. The van der Waals surface area contributed by atoms with Gasteiger partial charge in [0.15, 0.2) is 6.61 Å². The fourth-order valence-electron chi connectivity index (χ4n) is 2.36. The van der Waals surface area contributed by atoms with Gasteiger partial charge in [-0.15, -0.1) is 0 Å². The number of nitrogens with zero attached hydrogens (tertiary/aromatic N) is 1. The summed E-state index contributed by atoms with van der Waals surface area (Å²) in [6, 6.07) is 5.88. The van der Waals surface area contributed by atoms with Gasteiger partial charge < -0.3 is 14.4 Å². The van der Waals surface area contributed by atoms with E-state index >= 15 is 0 Å². The maximum atomic E-state index is 12.5. The summed E-state index contributed by atoms with van der Waals surface area (Å²) in [6.45, 7) is 9.08. The van der Waals surface area contributed by atoms with Crippen LogP contribution in [0, 0.1) is 19.8 Å². The lowest BCUT2D eigenvalue weighted by molar-refractivity contribution is -0.142. The number of carbonyl (C=O) groups is 2. The van der Waals surface area contributed by atoms with Crippen molar-refractivity contribution in [3.8, 4) is 5.75 Å². The first-order valence-electron chi connectivity index (χ1n) is 8.38. The summed E-state index contributed by atoms with van der Waals surface area (Å²) in [5.74, 6) is 0.816. The van der Waals surface area contributed by atoms with Gasteiger partial charge in [0.05, 0.1) is 13.5 Å². The lowest BCUT2D eigenvalue weighted by Gasteiger charge is -2.23. The first kappa shape index (κ1) is 20.0. The molecule has 0 aliphatic rings. The molecule has 1 aromatic carbocycles. The summed E-state index contributed by atoms with van der Waals surface area (Å²) in [6.07, 6.45) is 1.08. The van der Waals surface area contributed by atoms with Crippen LogP contribution >= 0.6 is 0 Å². The average Bonchev–Trinajstić information content (AvgIpc) is 2.53. The Morgan fingerprint density at radius 1 is 1.12 bits per heavy atom. The fraction of sp³-hybridized carbons (Fsp3) is 0.579. The first-order chi connectivity index (χ1) is 11.3. The highest BCUT2D eigenvalue weighted by Crippen LogP contribution is 2.22. The zero-order valence-electron chi connectivity index (χ0n) is 15.4. The molecule has 5 heteroatoms. The summed E-state index contributed by atoms with van der Waals surface area (Å²) in [5.41, 5.74) is 2.01. The maximum absolute atomic E-state index is 12.5. The van der Waals surface area contributed by atoms with Crippen molar-refractivity contribution in [1.29, 1.82) is 0 Å². The number of hydrogen-bond donors (Lipinski definition) is 0. The molecule has 0 aliphatic heterocycles. The third-order valence-electron chi connectivity index (χ3n) is 3.89. The Morgan fingerprint density at radius 3 is 2.29 bits per heavy atom. The van der Waals surface area contributed by atoms with E-state index in [0.29, 0.717) is 19.0 Å². The van der Waals surface area contributed by atoms with Gasteiger partial charge in [0.2, 0.25) is 0 Å². The third-order valence-corrected chi connectivity index (χ3v) is 3.89. The van der Waals surface area contributed by atoms with Gasteiger partial charge in [-0.3, -0.25) is 9.59 Å². The van der Waals surface area contributed by atoms with Crippen LogP contribution in [0.5, 0.6) is 5.75 Å². The minimum atomic E-state index is -0.312. The third kappa shape index (κ3) is 6.60. The van der Waals surface area contributed by atoms with Gasteiger partial charge in [-0.1, -0.05) is 32.0 Å². The average molecular weight is 335 g/mol. The molecule has 24 heavy (non-hydrogen) atoms. The zero-order chi connectivity index (χ0) is 18.1. The molecule has 0 aliphatic carbocycles. The Bertz CT molecular complexity index is 534. The zero-order valence-corrected chi connectivity index (χ0v) is 15.4. The van der Waals surface area contributed by atoms with Gasteiger partial charge in [-0.25, -0.2) is 0 Å². The summed E-state index contributed by atoms with van der Waals surface area (Å²) >= 11 is 0. The van der Waals surface area contributed by atoms with E-state index in [2.05, 4.69) is 18.6 Å². The molecular formula is C19H29NO4. The topological polar surface area (TPSA) is 55.8 Å². The molecule has 0 fully saturated rings. The Balaban J connectivity index is 2.66.